The predicted molar refractivity (Wildman–Crippen MR) is 112 cm³/mol. The first-order chi connectivity index (χ1) is 14.1. The van der Waals surface area contributed by atoms with Crippen LogP contribution in [0.1, 0.15) is 55.7 Å². The van der Waals surface area contributed by atoms with Crippen molar-refractivity contribution in [3.8, 4) is 0 Å². The monoisotopic (exact) mass is 419 g/mol. The number of anilines is 1. The molecule has 0 radical (unpaired) electrons. The molecular formula is C24H28F3NO2. The van der Waals surface area contributed by atoms with E-state index in [-0.39, 0.29) is 18.4 Å². The van der Waals surface area contributed by atoms with Crippen LogP contribution in [0.15, 0.2) is 48.5 Å². The van der Waals surface area contributed by atoms with Crippen molar-refractivity contribution in [1.82, 2.24) is 0 Å². The molecule has 0 aliphatic carbocycles. The molecule has 1 N–H and O–H groups in total. The molecule has 1 aliphatic rings. The second kappa shape index (κ2) is 9.11. The topological polar surface area (TPSA) is 40.5 Å². The highest BCUT2D eigenvalue weighted by Gasteiger charge is 2.32. The fourth-order valence-corrected chi connectivity index (χ4v) is 4.25. The maximum Gasteiger partial charge on any atom is 0.416 e. The van der Waals surface area contributed by atoms with Gasteiger partial charge in [0.1, 0.15) is 0 Å². The molecule has 1 aliphatic heterocycles. The summed E-state index contributed by atoms with van der Waals surface area (Å²) in [5, 5.41) is 9.19. The molecule has 2 aromatic rings. The molecule has 3 nitrogen and oxygen atoms in total. The summed E-state index contributed by atoms with van der Waals surface area (Å²) < 4.78 is 38.6. The molecule has 2 unspecified atom stereocenters. The fraction of sp³-hybridized carbons (Fsp3) is 0.458. The minimum absolute atomic E-state index is 0.0461. The second-order valence-corrected chi connectivity index (χ2v) is 8.48. The normalized spacial score (nSPS) is 19.9. The molecule has 1 heterocycles. The van der Waals surface area contributed by atoms with E-state index in [1.54, 1.807) is 0 Å². The lowest BCUT2D eigenvalue weighted by molar-refractivity contribution is -0.138. The minimum Gasteiger partial charge on any atom is -0.481 e. The molecule has 0 spiro atoms. The van der Waals surface area contributed by atoms with E-state index in [1.165, 1.54) is 17.7 Å². The van der Waals surface area contributed by atoms with Crippen molar-refractivity contribution in [1.29, 1.82) is 0 Å². The van der Waals surface area contributed by atoms with Gasteiger partial charge in [-0.05, 0) is 66.5 Å². The second-order valence-electron chi connectivity index (χ2n) is 8.48. The lowest BCUT2D eigenvalue weighted by Crippen LogP contribution is -2.44. The van der Waals surface area contributed by atoms with Gasteiger partial charge in [0.05, 0.1) is 5.56 Å². The van der Waals surface area contributed by atoms with Gasteiger partial charge < -0.3 is 10.0 Å². The Hall–Kier alpha value is -2.50. The smallest absolute Gasteiger partial charge is 0.416 e. The van der Waals surface area contributed by atoms with Crippen LogP contribution in [0.4, 0.5) is 18.9 Å². The van der Waals surface area contributed by atoms with Crippen molar-refractivity contribution in [2.75, 3.05) is 11.4 Å². The first kappa shape index (κ1) is 22.2. The van der Waals surface area contributed by atoms with Crippen LogP contribution in [0.3, 0.4) is 0 Å². The van der Waals surface area contributed by atoms with Crippen molar-refractivity contribution in [2.45, 2.75) is 57.7 Å². The zero-order valence-electron chi connectivity index (χ0n) is 17.3. The number of benzene rings is 2. The molecule has 1 fully saturated rings. The average Bonchev–Trinajstić information content (AvgIpc) is 2.67. The van der Waals surface area contributed by atoms with Crippen LogP contribution in [0.5, 0.6) is 0 Å². The number of hydrogen-bond donors (Lipinski definition) is 1. The highest BCUT2D eigenvalue weighted by atomic mass is 19.4. The summed E-state index contributed by atoms with van der Waals surface area (Å²) in [7, 11) is 0. The van der Waals surface area contributed by atoms with Gasteiger partial charge in [-0.15, -0.1) is 0 Å². The number of halogens is 3. The average molecular weight is 419 g/mol. The third-order valence-electron chi connectivity index (χ3n) is 5.93. The molecule has 0 saturated carbocycles. The standard InChI is InChI=1S/C24H28F3NO2/c1-16(2)19-5-9-21(10-6-19)28-12-11-18(15-23(29)30)14-22(28)13-17-3-7-20(8-4-17)24(25,26)27/h3-10,16,18,22H,11-15H2,1-2H3,(H,29,30). The first-order valence-corrected chi connectivity index (χ1v) is 10.4. The van der Waals surface area contributed by atoms with Crippen LogP contribution < -0.4 is 4.90 Å². The van der Waals surface area contributed by atoms with Gasteiger partial charge in [-0.25, -0.2) is 0 Å². The van der Waals surface area contributed by atoms with Crippen molar-refractivity contribution < 1.29 is 23.1 Å². The number of aliphatic carboxylic acids is 1. The van der Waals surface area contributed by atoms with Crippen molar-refractivity contribution in [2.24, 2.45) is 5.92 Å². The third kappa shape index (κ3) is 5.55. The van der Waals surface area contributed by atoms with Crippen molar-refractivity contribution in [3.05, 3.63) is 65.2 Å². The Balaban J connectivity index is 1.81. The summed E-state index contributed by atoms with van der Waals surface area (Å²) in [6.45, 7) is 5.02. The number of rotatable bonds is 6. The minimum atomic E-state index is -4.35. The highest BCUT2D eigenvalue weighted by molar-refractivity contribution is 5.67. The summed E-state index contributed by atoms with van der Waals surface area (Å²) in [5.74, 6) is -0.292. The molecule has 1 saturated heterocycles. The van der Waals surface area contributed by atoms with E-state index in [9.17, 15) is 23.1 Å². The number of carboxylic acids is 1. The highest BCUT2D eigenvalue weighted by Crippen LogP contribution is 2.33. The molecule has 0 amide bonds. The van der Waals surface area contributed by atoms with Crippen LogP contribution in [0, 0.1) is 5.92 Å². The van der Waals surface area contributed by atoms with Gasteiger partial charge in [-0.1, -0.05) is 38.1 Å². The number of hydrogen-bond acceptors (Lipinski definition) is 2. The maximum absolute atomic E-state index is 12.9. The van der Waals surface area contributed by atoms with Crippen LogP contribution in [0.25, 0.3) is 0 Å². The SMILES string of the molecule is CC(C)c1ccc(N2CCC(CC(=O)O)CC2Cc2ccc(C(F)(F)F)cc2)cc1. The van der Waals surface area contributed by atoms with Crippen LogP contribution in [-0.2, 0) is 17.4 Å². The Kier molecular flexibility index (Phi) is 6.74. The van der Waals surface area contributed by atoms with E-state index in [4.69, 9.17) is 0 Å². The van der Waals surface area contributed by atoms with Crippen molar-refractivity contribution >= 4 is 11.7 Å². The van der Waals surface area contributed by atoms with Crippen LogP contribution in [0.2, 0.25) is 0 Å². The van der Waals surface area contributed by atoms with Gasteiger partial charge in [0.15, 0.2) is 0 Å². The van der Waals surface area contributed by atoms with Crippen LogP contribution in [-0.4, -0.2) is 23.7 Å². The summed E-state index contributed by atoms with van der Waals surface area (Å²) in [6.07, 6.45) is -2.13. The van der Waals surface area contributed by atoms with E-state index < -0.39 is 17.7 Å². The van der Waals surface area contributed by atoms with Crippen molar-refractivity contribution in [3.63, 3.8) is 0 Å². The van der Waals surface area contributed by atoms with E-state index in [2.05, 4.69) is 43.0 Å². The third-order valence-corrected chi connectivity index (χ3v) is 5.93. The van der Waals surface area contributed by atoms with E-state index in [0.29, 0.717) is 18.8 Å². The summed E-state index contributed by atoms with van der Waals surface area (Å²) in [5.41, 5.74) is 2.50. The zero-order chi connectivity index (χ0) is 21.9. The lowest BCUT2D eigenvalue weighted by atomic mass is 9.85. The number of carbonyl (C=O) groups is 1. The first-order valence-electron chi connectivity index (χ1n) is 10.4. The fourth-order valence-electron chi connectivity index (χ4n) is 4.25. The Morgan fingerprint density at radius 3 is 2.27 bits per heavy atom. The van der Waals surface area contributed by atoms with Gasteiger partial charge in [0.2, 0.25) is 0 Å². The summed E-state index contributed by atoms with van der Waals surface area (Å²) in [6, 6.07) is 13.7. The van der Waals surface area contributed by atoms with E-state index in [0.717, 1.165) is 36.3 Å². The quantitative estimate of drug-likeness (QED) is 0.612. The number of piperidine rings is 1. The molecular weight excluding hydrogens is 391 g/mol. The summed E-state index contributed by atoms with van der Waals surface area (Å²) in [4.78, 5) is 13.5. The molecule has 2 aromatic carbocycles. The van der Waals surface area contributed by atoms with Crippen LogP contribution >= 0.6 is 0 Å². The van der Waals surface area contributed by atoms with Gasteiger partial charge >= 0.3 is 12.1 Å². The van der Waals surface area contributed by atoms with Gasteiger partial charge in [0, 0.05) is 24.7 Å². The Morgan fingerprint density at radius 1 is 1.10 bits per heavy atom. The maximum atomic E-state index is 12.9. The number of carboxylic acid groups (broad SMARTS) is 1. The number of alkyl halides is 3. The molecule has 30 heavy (non-hydrogen) atoms. The Labute approximate surface area is 175 Å². The van der Waals surface area contributed by atoms with E-state index in [1.807, 2.05) is 0 Å². The largest absolute Gasteiger partial charge is 0.481 e. The molecule has 0 aromatic heterocycles. The van der Waals surface area contributed by atoms with Gasteiger partial charge in [0.25, 0.3) is 0 Å². The van der Waals surface area contributed by atoms with Gasteiger partial charge in [-0.2, -0.15) is 13.2 Å². The zero-order valence-corrected chi connectivity index (χ0v) is 17.3. The summed E-state index contributed by atoms with van der Waals surface area (Å²) >= 11 is 0. The Morgan fingerprint density at radius 2 is 1.73 bits per heavy atom. The Bertz CT molecular complexity index is 844. The molecule has 2 atom stereocenters. The number of nitrogens with zero attached hydrogens (tertiary/aromatic N) is 1. The molecule has 3 rings (SSSR count). The molecule has 162 valence electrons. The molecule has 0 bridgehead atoms. The lowest BCUT2D eigenvalue weighted by Gasteiger charge is -2.41. The van der Waals surface area contributed by atoms with E-state index >= 15 is 0 Å². The molecule has 6 heteroatoms. The predicted octanol–water partition coefficient (Wildman–Crippen LogP) is 6.13. The van der Waals surface area contributed by atoms with Gasteiger partial charge in [-0.3, -0.25) is 4.79 Å².